The Morgan fingerprint density at radius 3 is 2.65 bits per heavy atom. The molecule has 0 bridgehead atoms. The minimum Gasteiger partial charge on any atom is -0.506 e. The van der Waals surface area contributed by atoms with Gasteiger partial charge in [0.15, 0.2) is 0 Å². The second kappa shape index (κ2) is 5.20. The minimum atomic E-state index is -0.488. The van der Waals surface area contributed by atoms with Crippen LogP contribution in [0, 0.1) is 0 Å². The van der Waals surface area contributed by atoms with E-state index in [9.17, 15) is 14.7 Å². The average Bonchev–Trinajstić information content (AvgIpc) is 2.20. The van der Waals surface area contributed by atoms with Gasteiger partial charge >= 0.3 is 0 Å². The fourth-order valence-corrected chi connectivity index (χ4v) is 1.34. The number of hydrogen-bond donors (Lipinski definition) is 4. The summed E-state index contributed by atoms with van der Waals surface area (Å²) < 4.78 is 0. The van der Waals surface area contributed by atoms with Crippen LogP contribution in [0.15, 0.2) is 18.2 Å². The van der Waals surface area contributed by atoms with Gasteiger partial charge < -0.3 is 21.9 Å². The molecule has 0 fully saturated rings. The lowest BCUT2D eigenvalue weighted by Gasteiger charge is -2.12. The van der Waals surface area contributed by atoms with Gasteiger partial charge in [-0.25, -0.2) is 0 Å². The molecule has 0 aliphatic heterocycles. The maximum absolute atomic E-state index is 11.7. The zero-order valence-corrected chi connectivity index (χ0v) is 9.43. The predicted molar refractivity (Wildman–Crippen MR) is 63.3 cm³/mol. The van der Waals surface area contributed by atoms with Gasteiger partial charge in [-0.2, -0.15) is 0 Å². The first-order chi connectivity index (χ1) is 7.90. The molecule has 6 heteroatoms. The van der Waals surface area contributed by atoms with Crippen molar-refractivity contribution in [3.63, 3.8) is 0 Å². The highest BCUT2D eigenvalue weighted by Crippen LogP contribution is 2.20. The molecule has 0 saturated heterocycles. The van der Waals surface area contributed by atoms with E-state index >= 15 is 0 Å². The number of primary amides is 1. The van der Waals surface area contributed by atoms with E-state index in [2.05, 4.69) is 5.32 Å². The molecule has 17 heavy (non-hydrogen) atoms. The first kappa shape index (κ1) is 12.8. The number of nitrogens with two attached hydrogens (primary N) is 2. The van der Waals surface area contributed by atoms with Crippen molar-refractivity contribution in [2.45, 2.75) is 19.4 Å². The summed E-state index contributed by atoms with van der Waals surface area (Å²) in [5, 5.41) is 11.9. The predicted octanol–water partition coefficient (Wildman–Crippen LogP) is -0.0319. The topological polar surface area (TPSA) is 118 Å². The molecule has 0 saturated carbocycles. The van der Waals surface area contributed by atoms with Crippen LogP contribution in [-0.4, -0.2) is 23.0 Å². The first-order valence-corrected chi connectivity index (χ1v) is 5.08. The lowest BCUT2D eigenvalue weighted by molar-refractivity contribution is -0.118. The normalized spacial score (nSPS) is 11.8. The Morgan fingerprint density at radius 1 is 1.47 bits per heavy atom. The van der Waals surface area contributed by atoms with Crippen LogP contribution in [0.25, 0.3) is 0 Å². The van der Waals surface area contributed by atoms with E-state index in [1.54, 1.807) is 6.92 Å². The van der Waals surface area contributed by atoms with Gasteiger partial charge in [0.25, 0.3) is 5.91 Å². The van der Waals surface area contributed by atoms with Gasteiger partial charge in [-0.15, -0.1) is 0 Å². The molecule has 0 radical (unpaired) electrons. The van der Waals surface area contributed by atoms with Crippen LogP contribution < -0.4 is 16.8 Å². The SMILES string of the molecule is CC(CC(N)=O)NC(=O)c1ccc(N)c(O)c1. The average molecular weight is 237 g/mol. The van der Waals surface area contributed by atoms with Gasteiger partial charge in [-0.05, 0) is 25.1 Å². The number of rotatable bonds is 4. The number of amides is 2. The molecular formula is C11H15N3O3. The summed E-state index contributed by atoms with van der Waals surface area (Å²) in [4.78, 5) is 22.3. The number of aromatic hydroxyl groups is 1. The number of benzene rings is 1. The second-order valence-electron chi connectivity index (χ2n) is 3.82. The van der Waals surface area contributed by atoms with Gasteiger partial charge in [0.2, 0.25) is 5.91 Å². The molecule has 1 aromatic carbocycles. The summed E-state index contributed by atoms with van der Waals surface area (Å²) >= 11 is 0. The third-order valence-electron chi connectivity index (χ3n) is 2.18. The summed E-state index contributed by atoms with van der Waals surface area (Å²) in [7, 11) is 0. The molecule has 0 spiro atoms. The van der Waals surface area contributed by atoms with Crippen LogP contribution in [0.1, 0.15) is 23.7 Å². The van der Waals surface area contributed by atoms with E-state index < -0.39 is 11.8 Å². The van der Waals surface area contributed by atoms with Crippen molar-refractivity contribution in [1.82, 2.24) is 5.32 Å². The van der Waals surface area contributed by atoms with E-state index in [-0.39, 0.29) is 29.5 Å². The molecule has 2 amide bonds. The third-order valence-corrected chi connectivity index (χ3v) is 2.18. The lowest BCUT2D eigenvalue weighted by atomic mass is 10.1. The maximum atomic E-state index is 11.7. The summed E-state index contributed by atoms with van der Waals surface area (Å²) in [5.41, 5.74) is 10.9. The number of phenols is 1. The molecule has 6 nitrogen and oxygen atoms in total. The summed E-state index contributed by atoms with van der Waals surface area (Å²) in [6.07, 6.45) is 0.0622. The molecular weight excluding hydrogens is 222 g/mol. The second-order valence-corrected chi connectivity index (χ2v) is 3.82. The molecule has 0 aliphatic carbocycles. The zero-order valence-electron chi connectivity index (χ0n) is 9.43. The van der Waals surface area contributed by atoms with Crippen LogP contribution in [0.4, 0.5) is 5.69 Å². The highest BCUT2D eigenvalue weighted by Gasteiger charge is 2.12. The molecule has 1 unspecified atom stereocenters. The summed E-state index contributed by atoms with van der Waals surface area (Å²) in [6, 6.07) is 3.83. The Kier molecular flexibility index (Phi) is 3.92. The fourth-order valence-electron chi connectivity index (χ4n) is 1.34. The smallest absolute Gasteiger partial charge is 0.251 e. The van der Waals surface area contributed by atoms with Crippen molar-refractivity contribution in [2.75, 3.05) is 5.73 Å². The van der Waals surface area contributed by atoms with Crippen molar-refractivity contribution in [3.05, 3.63) is 23.8 Å². The number of nitrogen functional groups attached to an aromatic ring is 1. The minimum absolute atomic E-state index is 0.0622. The number of hydrogen-bond acceptors (Lipinski definition) is 4. The first-order valence-electron chi connectivity index (χ1n) is 5.08. The van der Waals surface area contributed by atoms with E-state index in [1.807, 2.05) is 0 Å². The molecule has 1 rings (SSSR count). The Labute approximate surface area is 98.6 Å². The number of carbonyl (C=O) groups is 2. The number of nitrogens with one attached hydrogen (secondary N) is 1. The van der Waals surface area contributed by atoms with Gasteiger partial charge in [-0.3, -0.25) is 9.59 Å². The van der Waals surface area contributed by atoms with Crippen LogP contribution in [0.3, 0.4) is 0 Å². The van der Waals surface area contributed by atoms with E-state index in [1.165, 1.54) is 18.2 Å². The van der Waals surface area contributed by atoms with E-state index in [4.69, 9.17) is 11.5 Å². The van der Waals surface area contributed by atoms with Crippen molar-refractivity contribution < 1.29 is 14.7 Å². The highest BCUT2D eigenvalue weighted by atomic mass is 16.3. The van der Waals surface area contributed by atoms with Crippen molar-refractivity contribution >= 4 is 17.5 Å². The molecule has 6 N–H and O–H groups in total. The van der Waals surface area contributed by atoms with Crippen LogP contribution in [0.2, 0.25) is 0 Å². The molecule has 0 heterocycles. The Balaban J connectivity index is 2.70. The summed E-state index contributed by atoms with van der Waals surface area (Å²) in [6.45, 7) is 1.67. The highest BCUT2D eigenvalue weighted by molar-refractivity contribution is 5.95. The summed E-state index contributed by atoms with van der Waals surface area (Å²) in [5.74, 6) is -1.03. The van der Waals surface area contributed by atoms with Crippen LogP contribution in [-0.2, 0) is 4.79 Å². The standard InChI is InChI=1S/C11H15N3O3/c1-6(4-10(13)16)14-11(17)7-2-3-8(12)9(15)5-7/h2-3,5-6,15H,4,12H2,1H3,(H2,13,16)(H,14,17). The van der Waals surface area contributed by atoms with Gasteiger partial charge in [-0.1, -0.05) is 0 Å². The van der Waals surface area contributed by atoms with E-state index in [0.717, 1.165) is 0 Å². The molecule has 1 aromatic rings. The molecule has 1 atom stereocenters. The van der Waals surface area contributed by atoms with Gasteiger partial charge in [0, 0.05) is 18.0 Å². The Bertz CT molecular complexity index is 446. The van der Waals surface area contributed by atoms with Crippen molar-refractivity contribution in [2.24, 2.45) is 5.73 Å². The number of anilines is 1. The third kappa shape index (κ3) is 3.67. The molecule has 0 aromatic heterocycles. The van der Waals surface area contributed by atoms with Crippen LogP contribution in [0.5, 0.6) is 5.75 Å². The Hall–Kier alpha value is -2.24. The maximum Gasteiger partial charge on any atom is 0.251 e. The zero-order chi connectivity index (χ0) is 13.0. The van der Waals surface area contributed by atoms with Crippen LogP contribution >= 0.6 is 0 Å². The largest absolute Gasteiger partial charge is 0.506 e. The fraction of sp³-hybridized carbons (Fsp3) is 0.273. The molecule has 0 aliphatic rings. The van der Waals surface area contributed by atoms with Crippen molar-refractivity contribution in [3.8, 4) is 5.75 Å². The number of carbonyl (C=O) groups excluding carboxylic acids is 2. The lowest BCUT2D eigenvalue weighted by Crippen LogP contribution is -2.35. The van der Waals surface area contributed by atoms with Gasteiger partial charge in [0.05, 0.1) is 5.69 Å². The number of phenolic OH excluding ortho intramolecular Hbond substituents is 1. The molecule has 92 valence electrons. The monoisotopic (exact) mass is 237 g/mol. The van der Waals surface area contributed by atoms with Gasteiger partial charge in [0.1, 0.15) is 5.75 Å². The van der Waals surface area contributed by atoms with E-state index in [0.29, 0.717) is 0 Å². The quantitative estimate of drug-likeness (QED) is 0.434. The Morgan fingerprint density at radius 2 is 2.12 bits per heavy atom. The van der Waals surface area contributed by atoms with Crippen molar-refractivity contribution in [1.29, 1.82) is 0 Å².